The summed E-state index contributed by atoms with van der Waals surface area (Å²) in [5, 5.41) is 2.40. The molecule has 4 heterocycles. The minimum absolute atomic E-state index is 0.859. The van der Waals surface area contributed by atoms with Crippen molar-refractivity contribution in [2.75, 3.05) is 0 Å². The number of para-hydroxylation sites is 2. The third kappa shape index (κ3) is 3.90. The molecule has 3 aromatic heterocycles. The van der Waals surface area contributed by atoms with Crippen molar-refractivity contribution in [3.8, 4) is 67.3 Å². The Bertz CT molecular complexity index is 2330. The summed E-state index contributed by atoms with van der Waals surface area (Å²) < 4.78 is 0. The molecule has 200 valence electrons. The second-order valence-electron chi connectivity index (χ2n) is 11.1. The molecule has 1 aliphatic heterocycles. The van der Waals surface area contributed by atoms with E-state index in [1.54, 1.807) is 0 Å². The van der Waals surface area contributed by atoms with E-state index in [0.29, 0.717) is 0 Å². The van der Waals surface area contributed by atoms with Crippen molar-refractivity contribution in [2.45, 2.75) is 0 Å². The zero-order chi connectivity index (χ0) is 28.3. The van der Waals surface area contributed by atoms with Crippen LogP contribution in [0, 0.1) is 0 Å². The van der Waals surface area contributed by atoms with Crippen molar-refractivity contribution < 1.29 is 0 Å². The highest BCUT2D eigenvalue weighted by Crippen LogP contribution is 2.40. The van der Waals surface area contributed by atoms with Crippen LogP contribution < -0.4 is 0 Å². The van der Waals surface area contributed by atoms with E-state index in [4.69, 9.17) is 9.97 Å². The van der Waals surface area contributed by atoms with Crippen LogP contribution in [0.4, 0.5) is 0 Å². The van der Waals surface area contributed by atoms with Gasteiger partial charge in [0.2, 0.25) is 0 Å². The van der Waals surface area contributed by atoms with Gasteiger partial charge in [0.1, 0.15) is 0 Å². The van der Waals surface area contributed by atoms with E-state index >= 15 is 0 Å². The molecule has 0 radical (unpaired) electrons. The fourth-order valence-corrected chi connectivity index (χ4v) is 6.45. The summed E-state index contributed by atoms with van der Waals surface area (Å²) in [6.45, 7) is 0. The van der Waals surface area contributed by atoms with Crippen molar-refractivity contribution in [2.24, 2.45) is 0 Å². The number of fused-ring (bicyclic) bond motifs is 11. The van der Waals surface area contributed by atoms with Crippen LogP contribution in [0.25, 0.3) is 89.1 Å². The first-order valence-electron chi connectivity index (χ1n) is 14.6. The minimum atomic E-state index is 0.859. The predicted molar refractivity (Wildman–Crippen MR) is 178 cm³/mol. The van der Waals surface area contributed by atoms with Gasteiger partial charge in [0.15, 0.2) is 0 Å². The SMILES string of the molecule is c1ccc(-c2ccc(-c3cc4cc(c3)-c3cccc5c3[nH]c3c(cccc35)-c3cccc(n3)-c3cccc-4n3)cc2)cc1. The second kappa shape index (κ2) is 9.37. The van der Waals surface area contributed by atoms with Gasteiger partial charge in [0.05, 0.1) is 33.8 Å². The highest BCUT2D eigenvalue weighted by Gasteiger charge is 2.17. The van der Waals surface area contributed by atoms with Gasteiger partial charge in [-0.15, -0.1) is 0 Å². The molecule has 0 fully saturated rings. The first-order valence-corrected chi connectivity index (χ1v) is 14.6. The van der Waals surface area contributed by atoms with E-state index in [2.05, 4.69) is 138 Å². The van der Waals surface area contributed by atoms with Crippen LogP contribution in [0.2, 0.25) is 0 Å². The molecule has 1 N–H and O–H groups in total. The molecule has 0 unspecified atom stereocenters. The van der Waals surface area contributed by atoms with Crippen molar-refractivity contribution in [3.05, 3.63) is 146 Å². The Kier molecular flexibility index (Phi) is 5.20. The van der Waals surface area contributed by atoms with Gasteiger partial charge in [-0.3, -0.25) is 0 Å². The largest absolute Gasteiger partial charge is 0.353 e. The molecule has 8 bridgehead atoms. The molecule has 9 rings (SSSR count). The molecule has 0 spiro atoms. The van der Waals surface area contributed by atoms with Gasteiger partial charge in [-0.1, -0.05) is 103 Å². The highest BCUT2D eigenvalue weighted by atomic mass is 14.8. The lowest BCUT2D eigenvalue weighted by Crippen LogP contribution is -1.94. The molecule has 0 aliphatic carbocycles. The van der Waals surface area contributed by atoms with Crippen LogP contribution >= 0.6 is 0 Å². The molecule has 5 aromatic carbocycles. The summed E-state index contributed by atoms with van der Waals surface area (Å²) in [6.07, 6.45) is 0. The lowest BCUT2D eigenvalue weighted by molar-refractivity contribution is 1.25. The van der Waals surface area contributed by atoms with Crippen molar-refractivity contribution >= 4 is 21.8 Å². The average Bonchev–Trinajstić information content (AvgIpc) is 3.48. The minimum Gasteiger partial charge on any atom is -0.353 e. The van der Waals surface area contributed by atoms with E-state index in [1.165, 1.54) is 33.0 Å². The molecular formula is C40H25N3. The quantitative estimate of drug-likeness (QED) is 0.234. The smallest absolute Gasteiger partial charge is 0.0893 e. The van der Waals surface area contributed by atoms with Crippen molar-refractivity contribution in [3.63, 3.8) is 0 Å². The van der Waals surface area contributed by atoms with Crippen LogP contribution in [0.1, 0.15) is 0 Å². The summed E-state index contributed by atoms with van der Waals surface area (Å²) in [5.41, 5.74) is 15.0. The maximum absolute atomic E-state index is 5.14. The van der Waals surface area contributed by atoms with E-state index in [1.807, 2.05) is 12.1 Å². The predicted octanol–water partition coefficient (Wildman–Crippen LogP) is 10.4. The average molecular weight is 548 g/mol. The zero-order valence-corrected chi connectivity index (χ0v) is 23.3. The maximum Gasteiger partial charge on any atom is 0.0893 e. The Morgan fingerprint density at radius 2 is 0.837 bits per heavy atom. The summed E-state index contributed by atoms with van der Waals surface area (Å²) >= 11 is 0. The zero-order valence-electron chi connectivity index (χ0n) is 23.3. The van der Waals surface area contributed by atoms with Crippen LogP contribution in [-0.2, 0) is 0 Å². The molecule has 3 heteroatoms. The fraction of sp³-hybridized carbons (Fsp3) is 0. The van der Waals surface area contributed by atoms with Crippen LogP contribution in [-0.4, -0.2) is 15.0 Å². The summed E-state index contributed by atoms with van der Waals surface area (Å²) in [6, 6.07) is 51.7. The number of hydrogen-bond acceptors (Lipinski definition) is 2. The van der Waals surface area contributed by atoms with Gasteiger partial charge in [-0.25, -0.2) is 9.97 Å². The topological polar surface area (TPSA) is 41.6 Å². The molecule has 8 aromatic rings. The van der Waals surface area contributed by atoms with E-state index in [0.717, 1.165) is 56.1 Å². The molecule has 1 aliphatic rings. The number of pyridine rings is 2. The Hall–Kier alpha value is -5.80. The number of rotatable bonds is 2. The number of aromatic nitrogens is 3. The molecule has 0 amide bonds. The second-order valence-corrected chi connectivity index (χ2v) is 11.1. The van der Waals surface area contributed by atoms with E-state index < -0.39 is 0 Å². The van der Waals surface area contributed by atoms with Gasteiger partial charge in [-0.05, 0) is 70.3 Å². The Labute approximate surface area is 249 Å². The Morgan fingerprint density at radius 1 is 0.326 bits per heavy atom. The number of nitrogens with zero attached hydrogens (tertiary/aromatic N) is 2. The number of benzene rings is 5. The molecule has 0 atom stereocenters. The summed E-state index contributed by atoms with van der Waals surface area (Å²) in [4.78, 5) is 14.1. The van der Waals surface area contributed by atoms with Gasteiger partial charge >= 0.3 is 0 Å². The lowest BCUT2D eigenvalue weighted by Gasteiger charge is -2.13. The number of aromatic amines is 1. The van der Waals surface area contributed by atoms with Gasteiger partial charge in [0, 0.05) is 27.5 Å². The van der Waals surface area contributed by atoms with E-state index in [-0.39, 0.29) is 0 Å². The van der Waals surface area contributed by atoms with Crippen molar-refractivity contribution in [1.29, 1.82) is 0 Å². The third-order valence-corrected chi connectivity index (χ3v) is 8.57. The van der Waals surface area contributed by atoms with Crippen molar-refractivity contribution in [1.82, 2.24) is 15.0 Å². The van der Waals surface area contributed by atoms with Crippen LogP contribution in [0.3, 0.4) is 0 Å². The lowest BCUT2D eigenvalue weighted by atomic mass is 9.93. The Morgan fingerprint density at radius 3 is 1.58 bits per heavy atom. The summed E-state index contributed by atoms with van der Waals surface area (Å²) in [5.74, 6) is 0. The molecule has 3 nitrogen and oxygen atoms in total. The number of hydrogen-bond donors (Lipinski definition) is 1. The monoisotopic (exact) mass is 547 g/mol. The Balaban J connectivity index is 1.33. The number of nitrogens with one attached hydrogen (secondary N) is 1. The highest BCUT2D eigenvalue weighted by molar-refractivity contribution is 6.15. The summed E-state index contributed by atoms with van der Waals surface area (Å²) in [7, 11) is 0. The first-order chi connectivity index (χ1) is 21.3. The third-order valence-electron chi connectivity index (χ3n) is 8.57. The standard InChI is InChI=1S/C40H25N3/c1-2-8-25(9-3-1)26-18-20-27(21-19-26)28-22-29-24-30(23-28)35-14-6-16-37(41-35)38-17-7-15-36(42-38)34-13-5-12-33-32-11-4-10-31(29)39(32)43-40(33)34/h1-24,43H. The van der Waals surface area contributed by atoms with Gasteiger partial charge < -0.3 is 4.98 Å². The molecular weight excluding hydrogens is 522 g/mol. The van der Waals surface area contributed by atoms with Crippen LogP contribution in [0.15, 0.2) is 146 Å². The molecule has 0 saturated carbocycles. The van der Waals surface area contributed by atoms with E-state index in [9.17, 15) is 0 Å². The number of H-pyrrole nitrogens is 1. The van der Waals surface area contributed by atoms with Gasteiger partial charge in [-0.2, -0.15) is 0 Å². The first kappa shape index (κ1) is 23.9. The normalized spacial score (nSPS) is 11.7. The van der Waals surface area contributed by atoms with Crippen LogP contribution in [0.5, 0.6) is 0 Å². The molecule has 43 heavy (non-hydrogen) atoms. The van der Waals surface area contributed by atoms with Gasteiger partial charge in [0.25, 0.3) is 0 Å². The fourth-order valence-electron chi connectivity index (χ4n) is 6.45. The molecule has 0 saturated heterocycles. The maximum atomic E-state index is 5.14.